The Bertz CT molecular complexity index is 834. The van der Waals surface area contributed by atoms with Gasteiger partial charge in [-0.15, -0.1) is 0 Å². The van der Waals surface area contributed by atoms with E-state index in [4.69, 9.17) is 9.47 Å². The topological polar surface area (TPSA) is 49.2 Å². The van der Waals surface area contributed by atoms with Gasteiger partial charge in [-0.3, -0.25) is 4.68 Å². The van der Waals surface area contributed by atoms with E-state index in [1.165, 1.54) is 0 Å². The second-order valence-corrected chi connectivity index (χ2v) is 5.62. The summed E-state index contributed by atoms with van der Waals surface area (Å²) < 4.78 is 26.7. The Morgan fingerprint density at radius 1 is 1.12 bits per heavy atom. The zero-order chi connectivity index (χ0) is 17.6. The van der Waals surface area contributed by atoms with E-state index in [1.807, 2.05) is 41.9 Å². The van der Waals surface area contributed by atoms with Gasteiger partial charge in [-0.1, -0.05) is 30.3 Å². The molecule has 2 heterocycles. The van der Waals surface area contributed by atoms with Crippen LogP contribution in [0.4, 0.5) is 4.39 Å². The lowest BCUT2D eigenvalue weighted by atomic mass is 10.1. The molecule has 0 atom stereocenters. The van der Waals surface area contributed by atoms with E-state index in [-0.39, 0.29) is 5.75 Å². The Kier molecular flexibility index (Phi) is 5.40. The molecule has 0 aliphatic carbocycles. The maximum absolute atomic E-state index is 14.3. The van der Waals surface area contributed by atoms with Crippen molar-refractivity contribution >= 4 is 0 Å². The molecule has 0 aliphatic heterocycles. The fraction of sp³-hybridized carbons (Fsp3) is 0.263. The van der Waals surface area contributed by atoms with Gasteiger partial charge in [0.05, 0.1) is 25.0 Å². The first-order valence-electron chi connectivity index (χ1n) is 8.04. The van der Waals surface area contributed by atoms with Gasteiger partial charge in [-0.25, -0.2) is 4.98 Å². The van der Waals surface area contributed by atoms with Crippen molar-refractivity contribution in [2.75, 3.05) is 13.7 Å². The number of pyridine rings is 1. The second-order valence-electron chi connectivity index (χ2n) is 5.62. The predicted molar refractivity (Wildman–Crippen MR) is 92.8 cm³/mol. The van der Waals surface area contributed by atoms with Crippen molar-refractivity contribution in [3.05, 3.63) is 65.9 Å². The maximum atomic E-state index is 14.3. The van der Waals surface area contributed by atoms with E-state index in [0.717, 1.165) is 16.8 Å². The van der Waals surface area contributed by atoms with Gasteiger partial charge in [0.15, 0.2) is 5.75 Å². The van der Waals surface area contributed by atoms with Crippen molar-refractivity contribution in [3.63, 3.8) is 0 Å². The summed E-state index contributed by atoms with van der Waals surface area (Å²) in [5.74, 6) is -0.491. The van der Waals surface area contributed by atoms with Crippen molar-refractivity contribution in [3.8, 4) is 17.0 Å². The molecular weight excluding hydrogens is 321 g/mol. The lowest BCUT2D eigenvalue weighted by Gasteiger charge is -2.08. The van der Waals surface area contributed by atoms with E-state index in [2.05, 4.69) is 10.1 Å². The number of methoxy groups -OCH3 is 1. The standard InChI is InChI=1S/C19H20FN3O2/c1-14-16(12-21-23(14)10-11-24-2)17-8-9-18(19(20)22-17)25-13-15-6-4-3-5-7-15/h3-9,12H,10-11,13H2,1-2H3. The quantitative estimate of drug-likeness (QED) is 0.616. The molecule has 0 bridgehead atoms. The summed E-state index contributed by atoms with van der Waals surface area (Å²) >= 11 is 0. The molecule has 0 saturated heterocycles. The molecule has 0 N–H and O–H groups in total. The number of ether oxygens (including phenoxy) is 2. The van der Waals surface area contributed by atoms with Gasteiger partial charge >= 0.3 is 0 Å². The number of benzene rings is 1. The number of rotatable bonds is 7. The molecule has 25 heavy (non-hydrogen) atoms. The highest BCUT2D eigenvalue weighted by Crippen LogP contribution is 2.25. The lowest BCUT2D eigenvalue weighted by molar-refractivity contribution is 0.183. The molecule has 0 aliphatic rings. The molecule has 2 aromatic heterocycles. The first kappa shape index (κ1) is 17.1. The third-order valence-electron chi connectivity index (χ3n) is 3.94. The van der Waals surface area contributed by atoms with E-state index in [0.29, 0.717) is 25.5 Å². The van der Waals surface area contributed by atoms with E-state index >= 15 is 0 Å². The molecule has 0 fully saturated rings. The molecule has 5 nitrogen and oxygen atoms in total. The van der Waals surface area contributed by atoms with Crippen LogP contribution in [0.1, 0.15) is 11.3 Å². The molecular formula is C19H20FN3O2. The summed E-state index contributed by atoms with van der Waals surface area (Å²) in [4.78, 5) is 4.03. The molecule has 3 aromatic rings. The first-order valence-corrected chi connectivity index (χ1v) is 8.04. The normalized spacial score (nSPS) is 10.8. The third-order valence-corrected chi connectivity index (χ3v) is 3.94. The minimum Gasteiger partial charge on any atom is -0.484 e. The molecule has 1 aromatic carbocycles. The second kappa shape index (κ2) is 7.90. The van der Waals surface area contributed by atoms with Crippen LogP contribution in [0, 0.1) is 12.9 Å². The number of halogens is 1. The summed E-state index contributed by atoms with van der Waals surface area (Å²) in [7, 11) is 1.64. The van der Waals surface area contributed by atoms with Crippen molar-refractivity contribution in [2.45, 2.75) is 20.1 Å². The van der Waals surface area contributed by atoms with Crippen LogP contribution in [0.25, 0.3) is 11.3 Å². The Hall–Kier alpha value is -2.73. The summed E-state index contributed by atoms with van der Waals surface area (Å²) in [6, 6.07) is 13.0. The van der Waals surface area contributed by atoms with Gasteiger partial charge in [-0.2, -0.15) is 9.49 Å². The average Bonchev–Trinajstić information content (AvgIpc) is 3.00. The zero-order valence-electron chi connectivity index (χ0n) is 14.3. The Labute approximate surface area is 146 Å². The number of nitrogens with zero attached hydrogens (tertiary/aromatic N) is 3. The van der Waals surface area contributed by atoms with E-state index in [9.17, 15) is 4.39 Å². The highest BCUT2D eigenvalue weighted by atomic mass is 19.1. The summed E-state index contributed by atoms with van der Waals surface area (Å²) in [5.41, 5.74) is 3.22. The van der Waals surface area contributed by atoms with Crippen LogP contribution in [0.15, 0.2) is 48.7 Å². The van der Waals surface area contributed by atoms with Crippen molar-refractivity contribution in [1.82, 2.24) is 14.8 Å². The van der Waals surface area contributed by atoms with Crippen LogP contribution >= 0.6 is 0 Å². The summed E-state index contributed by atoms with van der Waals surface area (Å²) in [6.07, 6.45) is 1.69. The Morgan fingerprint density at radius 3 is 2.64 bits per heavy atom. The highest BCUT2D eigenvalue weighted by molar-refractivity contribution is 5.61. The van der Waals surface area contributed by atoms with Crippen molar-refractivity contribution in [2.24, 2.45) is 0 Å². The molecule has 0 spiro atoms. The largest absolute Gasteiger partial charge is 0.484 e. The molecule has 130 valence electrons. The van der Waals surface area contributed by atoms with E-state index in [1.54, 1.807) is 25.4 Å². The fourth-order valence-electron chi connectivity index (χ4n) is 2.52. The van der Waals surface area contributed by atoms with Gasteiger partial charge in [0, 0.05) is 18.4 Å². The molecule has 3 rings (SSSR count). The highest BCUT2D eigenvalue weighted by Gasteiger charge is 2.13. The maximum Gasteiger partial charge on any atom is 0.255 e. The smallest absolute Gasteiger partial charge is 0.255 e. The summed E-state index contributed by atoms with van der Waals surface area (Å²) in [5, 5.41) is 4.30. The SMILES string of the molecule is COCCn1ncc(-c2ccc(OCc3ccccc3)c(F)n2)c1C. The predicted octanol–water partition coefficient (Wildman–Crippen LogP) is 3.62. The summed E-state index contributed by atoms with van der Waals surface area (Å²) in [6.45, 7) is 3.43. The van der Waals surface area contributed by atoms with Crippen molar-refractivity contribution < 1.29 is 13.9 Å². The molecule has 6 heteroatoms. The van der Waals surface area contributed by atoms with Crippen LogP contribution in [-0.4, -0.2) is 28.5 Å². The Morgan fingerprint density at radius 2 is 1.92 bits per heavy atom. The fourth-order valence-corrected chi connectivity index (χ4v) is 2.52. The van der Waals surface area contributed by atoms with Crippen LogP contribution in [0.2, 0.25) is 0 Å². The minimum absolute atomic E-state index is 0.136. The third kappa shape index (κ3) is 4.03. The number of hydrogen-bond donors (Lipinski definition) is 0. The van der Waals surface area contributed by atoms with Gasteiger partial charge in [0.25, 0.3) is 5.95 Å². The molecule has 0 amide bonds. The first-order chi connectivity index (χ1) is 12.2. The van der Waals surface area contributed by atoms with Gasteiger partial charge in [-0.05, 0) is 24.6 Å². The molecule has 0 unspecified atom stereocenters. The van der Waals surface area contributed by atoms with Gasteiger partial charge in [0.2, 0.25) is 0 Å². The molecule has 0 radical (unpaired) electrons. The lowest BCUT2D eigenvalue weighted by Crippen LogP contribution is -2.07. The zero-order valence-corrected chi connectivity index (χ0v) is 14.3. The number of aromatic nitrogens is 3. The van der Waals surface area contributed by atoms with Crippen LogP contribution in [0.3, 0.4) is 0 Å². The van der Waals surface area contributed by atoms with Gasteiger partial charge < -0.3 is 9.47 Å². The minimum atomic E-state index is -0.627. The average molecular weight is 341 g/mol. The van der Waals surface area contributed by atoms with Crippen LogP contribution < -0.4 is 4.74 Å². The van der Waals surface area contributed by atoms with Gasteiger partial charge in [0.1, 0.15) is 6.61 Å². The van der Waals surface area contributed by atoms with E-state index < -0.39 is 5.95 Å². The van der Waals surface area contributed by atoms with Crippen LogP contribution in [0.5, 0.6) is 5.75 Å². The molecule has 0 saturated carbocycles. The number of hydrogen-bond acceptors (Lipinski definition) is 4. The monoisotopic (exact) mass is 341 g/mol. The van der Waals surface area contributed by atoms with Crippen molar-refractivity contribution in [1.29, 1.82) is 0 Å². The Balaban J connectivity index is 1.74. The van der Waals surface area contributed by atoms with Crippen LogP contribution in [-0.2, 0) is 17.9 Å².